The van der Waals surface area contributed by atoms with Crippen molar-refractivity contribution in [3.63, 3.8) is 0 Å². The van der Waals surface area contributed by atoms with E-state index >= 15 is 0 Å². The lowest BCUT2D eigenvalue weighted by Crippen LogP contribution is -2.51. The lowest BCUT2D eigenvalue weighted by molar-refractivity contribution is -0.147. The molecule has 162 valence electrons. The number of esters is 1. The fraction of sp³-hybridized carbons (Fsp3) is 0.960. The van der Waals surface area contributed by atoms with Crippen molar-refractivity contribution in [2.24, 2.45) is 34.0 Å². The molecule has 0 radical (unpaired) electrons. The summed E-state index contributed by atoms with van der Waals surface area (Å²) in [7, 11) is 0. The van der Waals surface area contributed by atoms with Gasteiger partial charge < -0.3 is 9.47 Å². The average molecular weight is 402 g/mol. The normalized spacial score (nSPS) is 55.4. The van der Waals surface area contributed by atoms with Crippen molar-refractivity contribution in [3.05, 3.63) is 0 Å². The molecule has 6 rings (SSSR count). The minimum Gasteiger partial charge on any atom is -0.462 e. The van der Waals surface area contributed by atoms with Crippen molar-refractivity contribution in [1.82, 2.24) is 4.90 Å². The smallest absolute Gasteiger partial charge is 0.310 e. The number of likely N-dealkylation sites (tertiary alicyclic amines) is 1. The van der Waals surface area contributed by atoms with Gasteiger partial charge in [0.15, 0.2) is 0 Å². The summed E-state index contributed by atoms with van der Waals surface area (Å²) >= 11 is 0. The van der Waals surface area contributed by atoms with E-state index < -0.39 is 0 Å². The lowest BCUT2D eigenvalue weighted by atomic mass is 9.53. The maximum Gasteiger partial charge on any atom is 0.310 e. The molecule has 3 heterocycles. The summed E-state index contributed by atoms with van der Waals surface area (Å²) in [5.41, 5.74) is 1.30. The van der Waals surface area contributed by atoms with E-state index in [0.29, 0.717) is 34.1 Å². The van der Waals surface area contributed by atoms with Crippen molar-refractivity contribution in [1.29, 1.82) is 0 Å². The molecule has 29 heavy (non-hydrogen) atoms. The molecule has 3 saturated carbocycles. The monoisotopic (exact) mass is 401 g/mol. The predicted octanol–water partition coefficient (Wildman–Crippen LogP) is 4.41. The Morgan fingerprint density at radius 2 is 1.90 bits per heavy atom. The third kappa shape index (κ3) is 2.87. The molecule has 6 fully saturated rings. The molecular formula is C25H39NO3. The van der Waals surface area contributed by atoms with Crippen LogP contribution in [0.3, 0.4) is 0 Å². The first-order valence-electron chi connectivity index (χ1n) is 12.2. The quantitative estimate of drug-likeness (QED) is 0.508. The van der Waals surface area contributed by atoms with Crippen LogP contribution in [0.15, 0.2) is 0 Å². The van der Waals surface area contributed by atoms with Gasteiger partial charge in [-0.05, 0) is 73.5 Å². The number of epoxide rings is 1. The summed E-state index contributed by atoms with van der Waals surface area (Å²) in [6.07, 6.45) is 10.0. The Balaban J connectivity index is 1.22. The molecule has 0 amide bonds. The molecule has 8 atom stereocenters. The van der Waals surface area contributed by atoms with E-state index in [-0.39, 0.29) is 23.6 Å². The van der Waals surface area contributed by atoms with Gasteiger partial charge in [0.1, 0.15) is 6.10 Å². The topological polar surface area (TPSA) is 42.1 Å². The van der Waals surface area contributed by atoms with Crippen molar-refractivity contribution in [2.75, 3.05) is 19.7 Å². The van der Waals surface area contributed by atoms with Crippen LogP contribution >= 0.6 is 0 Å². The molecule has 0 aromatic heterocycles. The van der Waals surface area contributed by atoms with Gasteiger partial charge in [-0.25, -0.2) is 0 Å². The third-order valence-electron chi connectivity index (χ3n) is 10.0. The first kappa shape index (κ1) is 19.1. The van der Waals surface area contributed by atoms with Crippen LogP contribution in [-0.4, -0.2) is 48.3 Å². The van der Waals surface area contributed by atoms with Gasteiger partial charge in [0.2, 0.25) is 0 Å². The van der Waals surface area contributed by atoms with E-state index in [1.165, 1.54) is 38.5 Å². The zero-order chi connectivity index (χ0) is 20.2. The number of hydrogen-bond donors (Lipinski definition) is 0. The molecule has 4 nitrogen and oxygen atoms in total. The number of fused-ring (bicyclic) bond motifs is 5. The highest BCUT2D eigenvalue weighted by molar-refractivity contribution is 5.75. The first-order valence-corrected chi connectivity index (χ1v) is 12.2. The van der Waals surface area contributed by atoms with Crippen molar-refractivity contribution < 1.29 is 14.3 Å². The van der Waals surface area contributed by atoms with Crippen LogP contribution in [0, 0.1) is 34.0 Å². The second-order valence-corrected chi connectivity index (χ2v) is 13.2. The van der Waals surface area contributed by atoms with Crippen LogP contribution in [0.2, 0.25) is 0 Å². The summed E-state index contributed by atoms with van der Waals surface area (Å²) < 4.78 is 12.1. The fourth-order valence-corrected chi connectivity index (χ4v) is 9.21. The minimum atomic E-state index is 0.0772. The van der Waals surface area contributed by atoms with Gasteiger partial charge in [-0.3, -0.25) is 9.69 Å². The molecule has 3 saturated heterocycles. The van der Waals surface area contributed by atoms with E-state index in [0.717, 1.165) is 32.5 Å². The van der Waals surface area contributed by atoms with Crippen LogP contribution in [-0.2, 0) is 14.3 Å². The molecule has 0 N–H and O–H groups in total. The van der Waals surface area contributed by atoms with Crippen LogP contribution in [0.25, 0.3) is 0 Å². The number of rotatable bonds is 2. The Morgan fingerprint density at radius 1 is 1.10 bits per heavy atom. The van der Waals surface area contributed by atoms with E-state index in [4.69, 9.17) is 9.47 Å². The standard InChI is InChI=1S/C25H39NO3/c1-22(2)9-16-10-23(3,13-22)14-26(16)12-18-17-8-20-24(4,11-19(17)29-21(18)27)6-5-7-25(20)15-28-25/h16-20H,5-15H2,1-4H3/t16-,17+,18-,19+,20-,23+,24+,25-/m0/s1. The zero-order valence-corrected chi connectivity index (χ0v) is 18.8. The maximum atomic E-state index is 13.0. The molecule has 4 heteroatoms. The molecule has 3 aliphatic heterocycles. The number of carbonyl (C=O) groups is 1. The largest absolute Gasteiger partial charge is 0.462 e. The molecule has 0 unspecified atom stereocenters. The van der Waals surface area contributed by atoms with E-state index in [1.54, 1.807) is 0 Å². The van der Waals surface area contributed by atoms with Gasteiger partial charge in [-0.2, -0.15) is 0 Å². The molecule has 1 spiro atoms. The van der Waals surface area contributed by atoms with Gasteiger partial charge in [0.25, 0.3) is 0 Å². The minimum absolute atomic E-state index is 0.0772. The zero-order valence-electron chi connectivity index (χ0n) is 18.8. The highest BCUT2D eigenvalue weighted by Crippen LogP contribution is 2.63. The van der Waals surface area contributed by atoms with E-state index in [1.807, 2.05) is 0 Å². The van der Waals surface area contributed by atoms with E-state index in [2.05, 4.69) is 32.6 Å². The summed E-state index contributed by atoms with van der Waals surface area (Å²) in [6, 6.07) is 0.650. The van der Waals surface area contributed by atoms with Crippen LogP contribution < -0.4 is 0 Å². The third-order valence-corrected chi connectivity index (χ3v) is 10.0. The van der Waals surface area contributed by atoms with Crippen LogP contribution in [0.4, 0.5) is 0 Å². The van der Waals surface area contributed by atoms with Gasteiger partial charge in [0, 0.05) is 25.0 Å². The Morgan fingerprint density at radius 3 is 2.66 bits per heavy atom. The van der Waals surface area contributed by atoms with Gasteiger partial charge in [-0.15, -0.1) is 0 Å². The lowest BCUT2D eigenvalue weighted by Gasteiger charge is -2.51. The highest BCUT2D eigenvalue weighted by atomic mass is 16.6. The first-order chi connectivity index (χ1) is 13.6. The summed E-state index contributed by atoms with van der Waals surface area (Å²) in [4.78, 5) is 15.7. The molecular weight excluding hydrogens is 362 g/mol. The Labute approximate surface area is 176 Å². The predicted molar refractivity (Wildman–Crippen MR) is 111 cm³/mol. The van der Waals surface area contributed by atoms with Gasteiger partial charge in [-0.1, -0.05) is 27.7 Å². The Hall–Kier alpha value is -0.610. The SMILES string of the molecule is CC1(C)C[C@H]2C[C@@](C)(CN2C[C@@H]2C(=O)O[C@@H]3C[C@@]4(C)CCC[C@]5(CO5)[C@H]4C[C@H]23)C1. The highest BCUT2D eigenvalue weighted by Gasteiger charge is 2.65. The summed E-state index contributed by atoms with van der Waals surface area (Å²) in [5, 5.41) is 0. The van der Waals surface area contributed by atoms with Crippen molar-refractivity contribution >= 4 is 5.97 Å². The van der Waals surface area contributed by atoms with Gasteiger partial charge in [0.05, 0.1) is 18.1 Å². The van der Waals surface area contributed by atoms with Crippen molar-refractivity contribution in [2.45, 2.75) is 96.8 Å². The van der Waals surface area contributed by atoms with Crippen LogP contribution in [0.5, 0.6) is 0 Å². The molecule has 0 aromatic carbocycles. The number of ether oxygens (including phenoxy) is 2. The molecule has 6 aliphatic rings. The average Bonchev–Trinajstić information content (AvgIpc) is 3.23. The summed E-state index contributed by atoms with van der Waals surface area (Å²) in [6.45, 7) is 12.8. The number of hydrogen-bond acceptors (Lipinski definition) is 4. The maximum absolute atomic E-state index is 13.0. The van der Waals surface area contributed by atoms with E-state index in [9.17, 15) is 4.79 Å². The summed E-state index contributed by atoms with van der Waals surface area (Å²) in [5.74, 6) is 1.20. The molecule has 0 aromatic rings. The second-order valence-electron chi connectivity index (χ2n) is 13.2. The Kier molecular flexibility index (Phi) is 3.82. The number of carbonyl (C=O) groups excluding carboxylic acids is 1. The Bertz CT molecular complexity index is 730. The molecule has 3 aliphatic carbocycles. The second kappa shape index (κ2) is 5.79. The fourth-order valence-electron chi connectivity index (χ4n) is 9.21. The van der Waals surface area contributed by atoms with Gasteiger partial charge >= 0.3 is 5.97 Å². The molecule has 2 bridgehead atoms. The number of nitrogens with zero attached hydrogens (tertiary/aromatic N) is 1. The van der Waals surface area contributed by atoms with Crippen LogP contribution in [0.1, 0.15) is 79.1 Å². The van der Waals surface area contributed by atoms with Crippen molar-refractivity contribution in [3.8, 4) is 0 Å².